The molecule has 2 heterocycles. The van der Waals surface area contributed by atoms with Crippen LogP contribution in [-0.2, 0) is 19.3 Å². The van der Waals surface area contributed by atoms with Crippen molar-refractivity contribution in [2.45, 2.75) is 17.2 Å². The topological polar surface area (TPSA) is 46.9 Å². The molecule has 0 aliphatic carbocycles. The first-order chi connectivity index (χ1) is 13.2. The van der Waals surface area contributed by atoms with Crippen LogP contribution in [0.3, 0.4) is 0 Å². The number of aromatic nitrogens is 2. The van der Waals surface area contributed by atoms with E-state index >= 15 is 0 Å². The summed E-state index contributed by atoms with van der Waals surface area (Å²) < 4.78 is 2.02. The van der Waals surface area contributed by atoms with Crippen LogP contribution < -0.4 is 5.32 Å². The maximum absolute atomic E-state index is 12.8. The molecule has 4 nitrogen and oxygen atoms in total. The molecular formula is C21H19N3OS2. The van der Waals surface area contributed by atoms with Crippen molar-refractivity contribution in [3.8, 4) is 0 Å². The third-order valence-corrected chi connectivity index (χ3v) is 6.55. The highest BCUT2D eigenvalue weighted by molar-refractivity contribution is 7.98. The predicted octanol–water partition coefficient (Wildman–Crippen LogP) is 4.86. The summed E-state index contributed by atoms with van der Waals surface area (Å²) in [5.41, 5.74) is 2.71. The van der Waals surface area contributed by atoms with E-state index in [1.165, 1.54) is 4.88 Å². The molecular weight excluding hydrogens is 374 g/mol. The van der Waals surface area contributed by atoms with Gasteiger partial charge in [0.25, 0.3) is 5.91 Å². The fraction of sp³-hybridized carbons (Fsp3) is 0.143. The number of fused-ring (bicyclic) bond motifs is 1. The molecule has 2 aromatic carbocycles. The summed E-state index contributed by atoms with van der Waals surface area (Å²) in [4.78, 5) is 19.7. The van der Waals surface area contributed by atoms with Crippen molar-refractivity contribution < 1.29 is 4.79 Å². The number of carbonyl (C=O) groups excluding carboxylic acids is 1. The van der Waals surface area contributed by atoms with Crippen LogP contribution in [-0.4, -0.2) is 15.5 Å². The molecule has 2 aromatic heterocycles. The van der Waals surface area contributed by atoms with E-state index in [0.29, 0.717) is 12.1 Å². The van der Waals surface area contributed by atoms with E-state index in [1.807, 2.05) is 60.1 Å². The standard InChI is InChI=1S/C21H19N3OS2/c1-24-18-10-4-3-9-17(18)23-20(24)13-22-21(25)16-8-2-5-11-19(16)27-14-15-7-6-12-26-15/h2-12H,13-14H2,1H3,(H,22,25). The molecule has 1 amide bonds. The number of nitrogens with one attached hydrogen (secondary N) is 1. The van der Waals surface area contributed by atoms with Crippen LogP contribution in [0.4, 0.5) is 0 Å². The molecule has 136 valence electrons. The summed E-state index contributed by atoms with van der Waals surface area (Å²) in [5, 5.41) is 5.09. The number of carbonyl (C=O) groups is 1. The monoisotopic (exact) mass is 393 g/mol. The predicted molar refractivity (Wildman–Crippen MR) is 112 cm³/mol. The SMILES string of the molecule is Cn1c(CNC(=O)c2ccccc2SCc2cccs2)nc2ccccc21. The second-order valence-corrected chi connectivity index (χ2v) is 8.17. The molecule has 0 unspecified atom stereocenters. The van der Waals surface area contributed by atoms with E-state index in [1.54, 1.807) is 23.1 Å². The molecule has 0 saturated carbocycles. The Kier molecular flexibility index (Phi) is 5.27. The third-order valence-electron chi connectivity index (χ3n) is 4.37. The average molecular weight is 394 g/mol. The normalized spacial score (nSPS) is 11.0. The Labute approximate surface area is 166 Å². The summed E-state index contributed by atoms with van der Waals surface area (Å²) in [5.74, 6) is 1.64. The number of aryl methyl sites for hydroxylation is 1. The summed E-state index contributed by atoms with van der Waals surface area (Å²) in [6.45, 7) is 0.397. The molecule has 0 aliphatic heterocycles. The number of amides is 1. The van der Waals surface area contributed by atoms with Gasteiger partial charge in [-0.05, 0) is 35.7 Å². The Balaban J connectivity index is 1.47. The van der Waals surface area contributed by atoms with E-state index in [4.69, 9.17) is 0 Å². The smallest absolute Gasteiger partial charge is 0.252 e. The van der Waals surface area contributed by atoms with Gasteiger partial charge in [-0.2, -0.15) is 0 Å². The van der Waals surface area contributed by atoms with Gasteiger partial charge in [0.1, 0.15) is 5.82 Å². The second kappa shape index (κ2) is 7.98. The number of rotatable bonds is 6. The van der Waals surface area contributed by atoms with Gasteiger partial charge in [-0.25, -0.2) is 4.98 Å². The first-order valence-electron chi connectivity index (χ1n) is 8.65. The Bertz CT molecular complexity index is 1070. The van der Waals surface area contributed by atoms with E-state index < -0.39 is 0 Å². The lowest BCUT2D eigenvalue weighted by Crippen LogP contribution is -2.24. The zero-order chi connectivity index (χ0) is 18.6. The van der Waals surface area contributed by atoms with Gasteiger partial charge in [-0.3, -0.25) is 4.79 Å². The van der Waals surface area contributed by atoms with Crippen molar-refractivity contribution in [3.05, 3.63) is 82.3 Å². The lowest BCUT2D eigenvalue weighted by Gasteiger charge is -2.10. The molecule has 0 saturated heterocycles. The van der Waals surface area contributed by atoms with Gasteiger partial charge in [0, 0.05) is 22.6 Å². The number of thiophene rings is 1. The minimum Gasteiger partial charge on any atom is -0.345 e. The Hall–Kier alpha value is -2.57. The van der Waals surface area contributed by atoms with Gasteiger partial charge in [0.15, 0.2) is 0 Å². The zero-order valence-electron chi connectivity index (χ0n) is 14.9. The van der Waals surface area contributed by atoms with E-state index in [9.17, 15) is 4.79 Å². The molecule has 4 aromatic rings. The van der Waals surface area contributed by atoms with Gasteiger partial charge in [-0.15, -0.1) is 23.1 Å². The van der Waals surface area contributed by atoms with Crippen molar-refractivity contribution in [2.24, 2.45) is 7.05 Å². The first kappa shape index (κ1) is 17.8. The first-order valence-corrected chi connectivity index (χ1v) is 10.5. The van der Waals surface area contributed by atoms with E-state index in [2.05, 4.69) is 27.8 Å². The Morgan fingerprint density at radius 2 is 1.93 bits per heavy atom. The molecule has 0 radical (unpaired) electrons. The quantitative estimate of drug-likeness (QED) is 0.476. The van der Waals surface area contributed by atoms with Crippen molar-refractivity contribution >= 4 is 40.0 Å². The van der Waals surface area contributed by atoms with E-state index in [0.717, 1.165) is 27.5 Å². The average Bonchev–Trinajstić information content (AvgIpc) is 3.33. The van der Waals surface area contributed by atoms with Crippen molar-refractivity contribution in [2.75, 3.05) is 0 Å². The van der Waals surface area contributed by atoms with Crippen LogP contribution in [0.25, 0.3) is 11.0 Å². The minimum atomic E-state index is -0.0728. The Morgan fingerprint density at radius 1 is 1.11 bits per heavy atom. The highest BCUT2D eigenvalue weighted by Crippen LogP contribution is 2.28. The number of nitrogens with zero attached hydrogens (tertiary/aromatic N) is 2. The van der Waals surface area contributed by atoms with Crippen LogP contribution in [0.2, 0.25) is 0 Å². The van der Waals surface area contributed by atoms with Gasteiger partial charge >= 0.3 is 0 Å². The maximum atomic E-state index is 12.8. The largest absolute Gasteiger partial charge is 0.345 e. The fourth-order valence-electron chi connectivity index (χ4n) is 2.93. The Morgan fingerprint density at radius 3 is 2.74 bits per heavy atom. The second-order valence-electron chi connectivity index (χ2n) is 6.12. The van der Waals surface area contributed by atoms with Crippen LogP contribution in [0, 0.1) is 0 Å². The lowest BCUT2D eigenvalue weighted by atomic mass is 10.2. The summed E-state index contributed by atoms with van der Waals surface area (Å²) >= 11 is 3.43. The summed E-state index contributed by atoms with van der Waals surface area (Å²) in [6, 6.07) is 19.9. The molecule has 0 spiro atoms. The lowest BCUT2D eigenvalue weighted by molar-refractivity contribution is 0.0946. The highest BCUT2D eigenvalue weighted by atomic mass is 32.2. The van der Waals surface area contributed by atoms with Crippen molar-refractivity contribution in [1.29, 1.82) is 0 Å². The summed E-state index contributed by atoms with van der Waals surface area (Å²) in [7, 11) is 1.97. The minimum absolute atomic E-state index is 0.0728. The number of imidazole rings is 1. The number of thioether (sulfide) groups is 1. The van der Waals surface area contributed by atoms with Crippen LogP contribution in [0.5, 0.6) is 0 Å². The summed E-state index contributed by atoms with van der Waals surface area (Å²) in [6.07, 6.45) is 0. The molecule has 27 heavy (non-hydrogen) atoms. The molecule has 0 fully saturated rings. The molecule has 6 heteroatoms. The number of hydrogen-bond acceptors (Lipinski definition) is 4. The van der Waals surface area contributed by atoms with Crippen molar-refractivity contribution in [3.63, 3.8) is 0 Å². The third kappa shape index (κ3) is 3.91. The van der Waals surface area contributed by atoms with Crippen LogP contribution >= 0.6 is 23.1 Å². The van der Waals surface area contributed by atoms with E-state index in [-0.39, 0.29) is 5.91 Å². The molecule has 4 rings (SSSR count). The van der Waals surface area contributed by atoms with Crippen LogP contribution in [0.1, 0.15) is 21.1 Å². The maximum Gasteiger partial charge on any atom is 0.252 e. The van der Waals surface area contributed by atoms with Crippen molar-refractivity contribution in [1.82, 2.24) is 14.9 Å². The van der Waals surface area contributed by atoms with Gasteiger partial charge in [0.05, 0.1) is 23.1 Å². The number of benzene rings is 2. The zero-order valence-corrected chi connectivity index (χ0v) is 16.5. The van der Waals surface area contributed by atoms with Gasteiger partial charge in [-0.1, -0.05) is 30.3 Å². The number of hydrogen-bond donors (Lipinski definition) is 1. The molecule has 0 aliphatic rings. The molecule has 1 N–H and O–H groups in total. The van der Waals surface area contributed by atoms with Gasteiger partial charge in [0.2, 0.25) is 0 Å². The highest BCUT2D eigenvalue weighted by Gasteiger charge is 2.13. The molecule has 0 bridgehead atoms. The molecule has 0 atom stereocenters. The fourth-order valence-corrected chi connectivity index (χ4v) is 4.75. The van der Waals surface area contributed by atoms with Crippen LogP contribution in [0.15, 0.2) is 70.9 Å². The van der Waals surface area contributed by atoms with Gasteiger partial charge < -0.3 is 9.88 Å². The number of para-hydroxylation sites is 2.